The summed E-state index contributed by atoms with van der Waals surface area (Å²) in [6.45, 7) is 4.84. The van der Waals surface area contributed by atoms with Gasteiger partial charge < -0.3 is 14.8 Å². The van der Waals surface area contributed by atoms with Crippen LogP contribution in [0.3, 0.4) is 0 Å². The number of benzene rings is 1. The molecular formula is C16H22BrNO2. The van der Waals surface area contributed by atoms with Gasteiger partial charge in [0.1, 0.15) is 0 Å². The predicted molar refractivity (Wildman–Crippen MR) is 83.9 cm³/mol. The first-order valence-corrected chi connectivity index (χ1v) is 8.42. The quantitative estimate of drug-likeness (QED) is 0.914. The van der Waals surface area contributed by atoms with Crippen LogP contribution in [0.5, 0.6) is 11.5 Å². The lowest BCUT2D eigenvalue weighted by Crippen LogP contribution is -2.24. The highest BCUT2D eigenvalue weighted by Gasteiger charge is 2.23. The fourth-order valence-corrected chi connectivity index (χ4v) is 3.76. The average molecular weight is 340 g/mol. The van der Waals surface area contributed by atoms with Gasteiger partial charge in [0.25, 0.3) is 0 Å². The summed E-state index contributed by atoms with van der Waals surface area (Å²) in [5.74, 6) is 1.87. The van der Waals surface area contributed by atoms with Crippen molar-refractivity contribution >= 4 is 15.9 Å². The Morgan fingerprint density at radius 2 is 2.10 bits per heavy atom. The van der Waals surface area contributed by atoms with Crippen LogP contribution in [0.15, 0.2) is 10.5 Å². The highest BCUT2D eigenvalue weighted by Crippen LogP contribution is 2.41. The van der Waals surface area contributed by atoms with Gasteiger partial charge in [-0.25, -0.2) is 0 Å². The normalized spacial score (nSPS) is 21.8. The fraction of sp³-hybridized carbons (Fsp3) is 0.625. The molecule has 2 aliphatic heterocycles. The lowest BCUT2D eigenvalue weighted by atomic mass is 9.96. The van der Waals surface area contributed by atoms with Crippen molar-refractivity contribution in [1.82, 2.24) is 5.32 Å². The average Bonchev–Trinajstić information content (AvgIpc) is 2.85. The van der Waals surface area contributed by atoms with Crippen molar-refractivity contribution in [1.29, 1.82) is 0 Å². The second-order valence-electron chi connectivity index (χ2n) is 5.54. The van der Waals surface area contributed by atoms with Gasteiger partial charge in [-0.3, -0.25) is 0 Å². The van der Waals surface area contributed by atoms with Crippen LogP contribution >= 0.6 is 15.9 Å². The molecule has 0 aromatic heterocycles. The van der Waals surface area contributed by atoms with Gasteiger partial charge in [-0.2, -0.15) is 0 Å². The number of hydrogen-bond acceptors (Lipinski definition) is 3. The number of nitrogens with one attached hydrogen (secondary N) is 1. The van der Waals surface area contributed by atoms with Crippen molar-refractivity contribution in [3.8, 4) is 11.5 Å². The van der Waals surface area contributed by atoms with Crippen LogP contribution in [0.1, 0.15) is 37.3 Å². The van der Waals surface area contributed by atoms with Crippen LogP contribution in [0, 0.1) is 0 Å². The molecule has 20 heavy (non-hydrogen) atoms. The molecule has 1 unspecified atom stereocenters. The van der Waals surface area contributed by atoms with Crippen LogP contribution in [0.25, 0.3) is 0 Å². The lowest BCUT2D eigenvalue weighted by Gasteiger charge is -2.20. The Morgan fingerprint density at radius 3 is 2.85 bits per heavy atom. The second kappa shape index (κ2) is 6.35. The highest BCUT2D eigenvalue weighted by atomic mass is 79.9. The molecule has 1 atom stereocenters. The number of halogens is 1. The summed E-state index contributed by atoms with van der Waals surface area (Å²) in [4.78, 5) is 0. The molecule has 0 aliphatic carbocycles. The van der Waals surface area contributed by atoms with Gasteiger partial charge in [-0.05, 0) is 43.9 Å². The monoisotopic (exact) mass is 339 g/mol. The van der Waals surface area contributed by atoms with E-state index in [0.29, 0.717) is 6.04 Å². The number of fused-ring (bicyclic) bond motifs is 1. The Kier molecular flexibility index (Phi) is 4.51. The molecule has 3 rings (SSSR count). The minimum absolute atomic E-state index is 0.598. The zero-order valence-electron chi connectivity index (χ0n) is 12.0. The third-order valence-electron chi connectivity index (χ3n) is 4.17. The largest absolute Gasteiger partial charge is 0.490 e. The van der Waals surface area contributed by atoms with E-state index in [1.807, 2.05) is 0 Å². The Bertz CT molecular complexity index is 484. The van der Waals surface area contributed by atoms with Gasteiger partial charge in [0.15, 0.2) is 11.5 Å². The standard InChI is InChI=1S/C16H22BrNO2/c1-2-12-13(9-11-5-3-6-18-11)14(17)10-15-16(12)20-8-4-7-19-15/h10-11,18H,2-9H2,1H3. The summed E-state index contributed by atoms with van der Waals surface area (Å²) in [6.07, 6.45) is 5.56. The van der Waals surface area contributed by atoms with Crippen molar-refractivity contribution in [2.75, 3.05) is 19.8 Å². The van der Waals surface area contributed by atoms with E-state index in [0.717, 1.165) is 55.0 Å². The summed E-state index contributed by atoms with van der Waals surface area (Å²) in [5, 5.41) is 3.58. The van der Waals surface area contributed by atoms with Gasteiger partial charge in [0.05, 0.1) is 13.2 Å². The first kappa shape index (κ1) is 14.2. The first-order valence-electron chi connectivity index (χ1n) is 7.62. The molecule has 1 aromatic rings. The molecule has 1 saturated heterocycles. The van der Waals surface area contributed by atoms with Gasteiger partial charge in [-0.15, -0.1) is 0 Å². The van der Waals surface area contributed by atoms with Crippen LogP contribution in [-0.4, -0.2) is 25.8 Å². The van der Waals surface area contributed by atoms with Crippen molar-refractivity contribution in [3.63, 3.8) is 0 Å². The van der Waals surface area contributed by atoms with Gasteiger partial charge >= 0.3 is 0 Å². The van der Waals surface area contributed by atoms with Crippen LogP contribution < -0.4 is 14.8 Å². The van der Waals surface area contributed by atoms with Crippen LogP contribution in [0.2, 0.25) is 0 Å². The number of hydrogen-bond donors (Lipinski definition) is 1. The molecule has 110 valence electrons. The summed E-state index contributed by atoms with van der Waals surface area (Å²) in [7, 11) is 0. The van der Waals surface area contributed by atoms with Crippen molar-refractivity contribution in [3.05, 3.63) is 21.7 Å². The predicted octanol–water partition coefficient (Wildman–Crippen LogP) is 3.47. The van der Waals surface area contributed by atoms with Crippen LogP contribution in [0.4, 0.5) is 0 Å². The van der Waals surface area contributed by atoms with E-state index in [-0.39, 0.29) is 0 Å². The van der Waals surface area contributed by atoms with E-state index in [1.165, 1.54) is 24.0 Å². The molecule has 0 amide bonds. The topological polar surface area (TPSA) is 30.5 Å². The Labute approximate surface area is 129 Å². The minimum atomic E-state index is 0.598. The van der Waals surface area contributed by atoms with Crippen molar-refractivity contribution in [2.24, 2.45) is 0 Å². The number of ether oxygens (including phenoxy) is 2. The van der Waals surface area contributed by atoms with Gasteiger partial charge in [-0.1, -0.05) is 22.9 Å². The fourth-order valence-electron chi connectivity index (χ4n) is 3.15. The zero-order chi connectivity index (χ0) is 13.9. The molecule has 3 nitrogen and oxygen atoms in total. The zero-order valence-corrected chi connectivity index (χ0v) is 13.6. The molecule has 0 radical (unpaired) electrons. The third kappa shape index (κ3) is 2.82. The summed E-state index contributed by atoms with van der Waals surface area (Å²) < 4.78 is 13.0. The second-order valence-corrected chi connectivity index (χ2v) is 6.40. The number of rotatable bonds is 3. The molecule has 0 spiro atoms. The van der Waals surface area contributed by atoms with Gasteiger partial charge in [0.2, 0.25) is 0 Å². The Balaban J connectivity index is 1.97. The maximum Gasteiger partial charge on any atom is 0.164 e. The molecule has 1 N–H and O–H groups in total. The van der Waals surface area contributed by atoms with E-state index >= 15 is 0 Å². The molecule has 2 aliphatic rings. The molecule has 1 fully saturated rings. The minimum Gasteiger partial charge on any atom is -0.490 e. The van der Waals surface area contributed by atoms with E-state index in [2.05, 4.69) is 34.2 Å². The molecule has 0 bridgehead atoms. The van der Waals surface area contributed by atoms with E-state index < -0.39 is 0 Å². The first-order chi connectivity index (χ1) is 9.79. The smallest absolute Gasteiger partial charge is 0.164 e. The highest BCUT2D eigenvalue weighted by molar-refractivity contribution is 9.10. The van der Waals surface area contributed by atoms with E-state index in [4.69, 9.17) is 9.47 Å². The molecule has 0 saturated carbocycles. The maximum absolute atomic E-state index is 5.96. The van der Waals surface area contributed by atoms with E-state index in [9.17, 15) is 0 Å². The van der Waals surface area contributed by atoms with E-state index in [1.54, 1.807) is 0 Å². The summed E-state index contributed by atoms with van der Waals surface area (Å²) >= 11 is 3.74. The molecule has 1 aromatic carbocycles. The third-order valence-corrected chi connectivity index (χ3v) is 4.87. The molecular weight excluding hydrogens is 318 g/mol. The van der Waals surface area contributed by atoms with Crippen molar-refractivity contribution < 1.29 is 9.47 Å². The Morgan fingerprint density at radius 1 is 1.25 bits per heavy atom. The van der Waals surface area contributed by atoms with Gasteiger partial charge in [0, 0.05) is 22.5 Å². The SMILES string of the molecule is CCc1c(CC2CCCN2)c(Br)cc2c1OCCCO2. The van der Waals surface area contributed by atoms with Crippen molar-refractivity contribution in [2.45, 2.75) is 45.1 Å². The lowest BCUT2D eigenvalue weighted by molar-refractivity contribution is 0.296. The molecule has 4 heteroatoms. The van der Waals surface area contributed by atoms with Crippen LogP contribution in [-0.2, 0) is 12.8 Å². The maximum atomic E-state index is 5.96. The molecule has 2 heterocycles. The summed E-state index contributed by atoms with van der Waals surface area (Å²) in [6, 6.07) is 2.69. The summed E-state index contributed by atoms with van der Waals surface area (Å²) in [5.41, 5.74) is 2.70. The Hall–Kier alpha value is -0.740.